The van der Waals surface area contributed by atoms with Gasteiger partial charge in [-0.2, -0.15) is 18.3 Å². The third-order valence-electron chi connectivity index (χ3n) is 8.42. The highest BCUT2D eigenvalue weighted by Crippen LogP contribution is 2.78. The quantitative estimate of drug-likeness (QED) is 0.478. The Balaban J connectivity index is 1.29. The van der Waals surface area contributed by atoms with Crippen molar-refractivity contribution in [2.24, 2.45) is 5.41 Å². The Morgan fingerprint density at radius 1 is 1.06 bits per heavy atom. The van der Waals surface area contributed by atoms with E-state index in [4.69, 9.17) is 19.7 Å². The van der Waals surface area contributed by atoms with Crippen LogP contribution in [0.4, 0.5) is 13.2 Å². The normalized spacial score (nSPS) is 30.1. The van der Waals surface area contributed by atoms with Gasteiger partial charge in [-0.3, -0.25) is 9.67 Å². The fourth-order valence-corrected chi connectivity index (χ4v) is 6.16. The Morgan fingerprint density at radius 3 is 2.51 bits per heavy atom. The molecule has 5 aliphatic rings. The SMILES string of the molecule is Cc1nc2cc(C3=C[C@H](c4cnn(C5CC5)c4)OCC3)nc(C34CC(C(F)(F)F)(C3)C4)c2nc1C. The van der Waals surface area contributed by atoms with Crippen molar-refractivity contribution in [3.05, 3.63) is 52.9 Å². The van der Waals surface area contributed by atoms with Gasteiger partial charge in [-0.25, -0.2) is 9.97 Å². The van der Waals surface area contributed by atoms with Gasteiger partial charge in [-0.1, -0.05) is 0 Å². The first-order chi connectivity index (χ1) is 16.7. The fraction of sp³-hybridized carbons (Fsp3) is 0.538. The molecule has 182 valence electrons. The van der Waals surface area contributed by atoms with Gasteiger partial charge in [-0.05, 0) is 70.1 Å². The molecule has 0 spiro atoms. The van der Waals surface area contributed by atoms with Gasteiger partial charge in [0, 0.05) is 17.2 Å². The van der Waals surface area contributed by atoms with Crippen LogP contribution in [0.25, 0.3) is 16.6 Å². The minimum Gasteiger partial charge on any atom is -0.369 e. The molecule has 4 heterocycles. The summed E-state index contributed by atoms with van der Waals surface area (Å²) in [6.45, 7) is 4.33. The topological polar surface area (TPSA) is 65.7 Å². The Hall–Kier alpha value is -2.81. The van der Waals surface area contributed by atoms with E-state index in [1.807, 2.05) is 30.8 Å². The molecular weight excluding hydrogens is 455 g/mol. The van der Waals surface area contributed by atoms with E-state index in [1.54, 1.807) is 0 Å². The molecule has 4 aliphatic carbocycles. The summed E-state index contributed by atoms with van der Waals surface area (Å²) in [6, 6.07) is 2.43. The first-order valence-corrected chi connectivity index (χ1v) is 12.3. The number of ether oxygens (including phenoxy) is 1. The number of aryl methyl sites for hydroxylation is 2. The molecule has 1 atom stereocenters. The molecule has 0 unspecified atom stereocenters. The highest BCUT2D eigenvalue weighted by atomic mass is 19.4. The van der Waals surface area contributed by atoms with Crippen LogP contribution in [0.1, 0.15) is 79.0 Å². The summed E-state index contributed by atoms with van der Waals surface area (Å²) in [7, 11) is 0. The first-order valence-electron chi connectivity index (χ1n) is 12.3. The van der Waals surface area contributed by atoms with Gasteiger partial charge in [-0.15, -0.1) is 0 Å². The van der Waals surface area contributed by atoms with Crippen LogP contribution in [0, 0.1) is 19.3 Å². The zero-order chi connectivity index (χ0) is 24.2. The number of rotatable bonds is 4. The van der Waals surface area contributed by atoms with E-state index < -0.39 is 17.0 Å². The van der Waals surface area contributed by atoms with Crippen LogP contribution >= 0.6 is 0 Å². The van der Waals surface area contributed by atoms with Crippen LogP contribution in [0.2, 0.25) is 0 Å². The average molecular weight is 482 g/mol. The second kappa shape index (κ2) is 6.90. The maximum atomic E-state index is 13.6. The van der Waals surface area contributed by atoms with Gasteiger partial charge in [0.2, 0.25) is 0 Å². The van der Waals surface area contributed by atoms with Gasteiger partial charge < -0.3 is 4.74 Å². The molecule has 35 heavy (non-hydrogen) atoms. The van der Waals surface area contributed by atoms with Crippen LogP contribution in [-0.2, 0) is 10.2 Å². The Morgan fingerprint density at radius 2 is 1.80 bits per heavy atom. The van der Waals surface area contributed by atoms with Gasteiger partial charge in [0.05, 0.1) is 52.6 Å². The Kier molecular flexibility index (Phi) is 4.23. The monoisotopic (exact) mass is 481 g/mol. The highest BCUT2D eigenvalue weighted by Gasteiger charge is 2.79. The van der Waals surface area contributed by atoms with Crippen molar-refractivity contribution in [3.63, 3.8) is 0 Å². The second-order valence-corrected chi connectivity index (χ2v) is 10.9. The molecule has 6 nitrogen and oxygen atoms in total. The van der Waals surface area contributed by atoms with Gasteiger partial charge in [0.1, 0.15) is 11.6 Å². The van der Waals surface area contributed by atoms with Crippen molar-refractivity contribution in [3.8, 4) is 0 Å². The number of hydrogen-bond acceptors (Lipinski definition) is 5. The summed E-state index contributed by atoms with van der Waals surface area (Å²) in [5, 5.41) is 4.49. The van der Waals surface area contributed by atoms with Crippen molar-refractivity contribution < 1.29 is 17.9 Å². The summed E-state index contributed by atoms with van der Waals surface area (Å²) in [5.74, 6) is 0. The standard InChI is InChI=1S/C26H26F3N5O/c1-14-15(2)32-22-20(31-14)8-19(33-23(22)24-11-25(12-24,13-24)26(27,28)29)16-5-6-35-21(7-16)17-9-30-34(10-17)18-3-4-18/h7-10,18,21H,3-6,11-13H2,1-2H3/t21-,24?,25?/m1/s1. The van der Waals surface area contributed by atoms with Crippen LogP contribution in [0.5, 0.6) is 0 Å². The van der Waals surface area contributed by atoms with Crippen molar-refractivity contribution in [2.45, 2.75) is 76.1 Å². The third-order valence-corrected chi connectivity index (χ3v) is 8.42. The number of nitrogens with zero attached hydrogens (tertiary/aromatic N) is 5. The third kappa shape index (κ3) is 3.13. The lowest BCUT2D eigenvalue weighted by atomic mass is 9.34. The van der Waals surface area contributed by atoms with Gasteiger partial charge >= 0.3 is 6.18 Å². The minimum atomic E-state index is -4.16. The summed E-state index contributed by atoms with van der Waals surface area (Å²) in [5.41, 5.74) is 4.31. The number of hydrogen-bond donors (Lipinski definition) is 0. The average Bonchev–Trinajstić information content (AvgIpc) is 3.48. The van der Waals surface area contributed by atoms with Crippen LogP contribution in [-0.4, -0.2) is 37.5 Å². The smallest absolute Gasteiger partial charge is 0.369 e. The predicted molar refractivity (Wildman–Crippen MR) is 123 cm³/mol. The molecule has 3 aromatic heterocycles. The molecule has 1 aliphatic heterocycles. The lowest BCUT2D eigenvalue weighted by Gasteiger charge is -2.70. The van der Waals surface area contributed by atoms with E-state index in [-0.39, 0.29) is 25.4 Å². The molecule has 0 N–H and O–H groups in total. The number of aromatic nitrogens is 5. The lowest BCUT2D eigenvalue weighted by Crippen LogP contribution is -2.70. The van der Waals surface area contributed by atoms with Crippen molar-refractivity contribution in [2.75, 3.05) is 6.61 Å². The molecule has 0 aromatic carbocycles. The van der Waals surface area contributed by atoms with E-state index in [0.717, 1.165) is 41.1 Å². The van der Waals surface area contributed by atoms with Crippen LogP contribution in [0.15, 0.2) is 24.5 Å². The highest BCUT2D eigenvalue weighted by molar-refractivity contribution is 5.83. The molecule has 0 saturated heterocycles. The maximum absolute atomic E-state index is 13.6. The Labute approximate surface area is 200 Å². The molecule has 4 fully saturated rings. The molecule has 4 saturated carbocycles. The number of pyridine rings is 1. The molecular formula is C26H26F3N5O. The molecule has 3 aromatic rings. The fourth-order valence-electron chi connectivity index (χ4n) is 6.16. The predicted octanol–water partition coefficient (Wildman–Crippen LogP) is 5.70. The summed E-state index contributed by atoms with van der Waals surface area (Å²) < 4.78 is 48.8. The number of halogens is 3. The summed E-state index contributed by atoms with van der Waals surface area (Å²) in [6.07, 6.45) is 4.88. The van der Waals surface area contributed by atoms with Crippen LogP contribution < -0.4 is 0 Å². The summed E-state index contributed by atoms with van der Waals surface area (Å²) >= 11 is 0. The van der Waals surface area contributed by atoms with E-state index >= 15 is 0 Å². The van der Waals surface area contributed by atoms with Crippen molar-refractivity contribution in [1.29, 1.82) is 0 Å². The van der Waals surface area contributed by atoms with Gasteiger partial charge in [0.25, 0.3) is 0 Å². The van der Waals surface area contributed by atoms with Gasteiger partial charge in [0.15, 0.2) is 0 Å². The largest absolute Gasteiger partial charge is 0.394 e. The van der Waals surface area contributed by atoms with E-state index in [1.165, 1.54) is 0 Å². The molecule has 9 heteroatoms. The minimum absolute atomic E-state index is 0.0921. The molecule has 2 bridgehead atoms. The second-order valence-electron chi connectivity index (χ2n) is 10.9. The van der Waals surface area contributed by atoms with Crippen LogP contribution in [0.3, 0.4) is 0 Å². The molecule has 0 amide bonds. The zero-order valence-electron chi connectivity index (χ0n) is 19.7. The first kappa shape index (κ1) is 21.5. The summed E-state index contributed by atoms with van der Waals surface area (Å²) in [4.78, 5) is 14.5. The molecule has 8 rings (SSSR count). The molecule has 0 radical (unpaired) electrons. The van der Waals surface area contributed by atoms with Crippen molar-refractivity contribution in [1.82, 2.24) is 24.7 Å². The maximum Gasteiger partial charge on any atom is 0.394 e. The number of alkyl halides is 3. The number of fused-ring (bicyclic) bond motifs is 1. The van der Waals surface area contributed by atoms with E-state index in [9.17, 15) is 13.2 Å². The van der Waals surface area contributed by atoms with Crippen molar-refractivity contribution >= 4 is 16.6 Å². The van der Waals surface area contributed by atoms with E-state index in [0.29, 0.717) is 35.8 Å². The lowest BCUT2D eigenvalue weighted by molar-refractivity contribution is -0.337. The van der Waals surface area contributed by atoms with E-state index in [2.05, 4.69) is 17.4 Å². The zero-order valence-corrected chi connectivity index (χ0v) is 19.7. The Bertz CT molecular complexity index is 1380.